The van der Waals surface area contributed by atoms with Crippen LogP contribution in [0.5, 0.6) is 11.5 Å². The third-order valence-corrected chi connectivity index (χ3v) is 4.24. The van der Waals surface area contributed by atoms with Crippen LogP contribution in [0.1, 0.15) is 34.6 Å². The number of aliphatic hydroxyl groups excluding tert-OH is 2. The van der Waals surface area contributed by atoms with Crippen molar-refractivity contribution < 1.29 is 19.7 Å². The van der Waals surface area contributed by atoms with Crippen LogP contribution in [0.3, 0.4) is 0 Å². The van der Waals surface area contributed by atoms with Crippen molar-refractivity contribution in [2.24, 2.45) is 0 Å². The van der Waals surface area contributed by atoms with E-state index in [1.165, 1.54) is 6.92 Å². The highest BCUT2D eigenvalue weighted by Gasteiger charge is 2.10. The van der Waals surface area contributed by atoms with Gasteiger partial charge >= 0.3 is 0 Å². The molecule has 0 amide bonds. The Labute approximate surface area is 157 Å². The SMILES string of the molecule is CC(=O)c1ccc(Oc2ccc(-c3cccc(C(O)CO)n3)cc2)c(C)c1. The molecule has 1 atom stereocenters. The highest BCUT2D eigenvalue weighted by molar-refractivity contribution is 5.94. The molecule has 2 N–H and O–H groups in total. The van der Waals surface area contributed by atoms with Crippen molar-refractivity contribution in [3.8, 4) is 22.8 Å². The van der Waals surface area contributed by atoms with E-state index in [4.69, 9.17) is 9.84 Å². The first-order chi connectivity index (χ1) is 13.0. The fourth-order valence-electron chi connectivity index (χ4n) is 2.69. The summed E-state index contributed by atoms with van der Waals surface area (Å²) in [5.74, 6) is 1.39. The quantitative estimate of drug-likeness (QED) is 0.645. The number of hydrogen-bond donors (Lipinski definition) is 2. The summed E-state index contributed by atoms with van der Waals surface area (Å²) in [7, 11) is 0. The first-order valence-electron chi connectivity index (χ1n) is 8.63. The van der Waals surface area contributed by atoms with Gasteiger partial charge in [-0.2, -0.15) is 0 Å². The highest BCUT2D eigenvalue weighted by atomic mass is 16.5. The van der Waals surface area contributed by atoms with E-state index in [0.717, 1.165) is 11.1 Å². The van der Waals surface area contributed by atoms with Crippen molar-refractivity contribution in [2.45, 2.75) is 20.0 Å². The highest BCUT2D eigenvalue weighted by Crippen LogP contribution is 2.28. The van der Waals surface area contributed by atoms with Crippen LogP contribution in [0, 0.1) is 6.92 Å². The van der Waals surface area contributed by atoms with Gasteiger partial charge in [0.25, 0.3) is 0 Å². The second kappa shape index (κ2) is 8.12. The summed E-state index contributed by atoms with van der Waals surface area (Å²) in [5.41, 5.74) is 3.55. The van der Waals surface area contributed by atoms with Crippen LogP contribution in [0.15, 0.2) is 60.7 Å². The molecule has 0 aliphatic rings. The molecule has 0 fully saturated rings. The molecule has 3 rings (SSSR count). The number of nitrogens with zero attached hydrogens (tertiary/aromatic N) is 1. The monoisotopic (exact) mass is 363 g/mol. The second-order valence-electron chi connectivity index (χ2n) is 6.31. The van der Waals surface area contributed by atoms with Gasteiger partial charge in [-0.3, -0.25) is 4.79 Å². The molecule has 0 radical (unpaired) electrons. The van der Waals surface area contributed by atoms with Gasteiger partial charge < -0.3 is 14.9 Å². The Morgan fingerprint density at radius 1 is 1.11 bits per heavy atom. The maximum absolute atomic E-state index is 11.4. The first-order valence-corrected chi connectivity index (χ1v) is 8.63. The van der Waals surface area contributed by atoms with Crippen LogP contribution in [0.2, 0.25) is 0 Å². The molecule has 27 heavy (non-hydrogen) atoms. The van der Waals surface area contributed by atoms with Crippen LogP contribution < -0.4 is 4.74 Å². The number of Topliss-reactive ketones (excluding diaryl/α,β-unsaturated/α-hetero) is 1. The summed E-state index contributed by atoms with van der Waals surface area (Å²) < 4.78 is 5.91. The average molecular weight is 363 g/mol. The molecule has 2 aromatic carbocycles. The number of pyridine rings is 1. The van der Waals surface area contributed by atoms with E-state index in [1.807, 2.05) is 43.3 Å². The molecule has 0 bridgehead atoms. The summed E-state index contributed by atoms with van der Waals surface area (Å²) >= 11 is 0. The number of benzene rings is 2. The Morgan fingerprint density at radius 3 is 2.48 bits per heavy atom. The standard InChI is InChI=1S/C22H21NO4/c1-14-12-17(15(2)25)8-11-22(14)27-18-9-6-16(7-10-18)19-4-3-5-20(23-19)21(26)13-24/h3-12,21,24,26H,13H2,1-2H3. The van der Waals surface area contributed by atoms with Gasteiger partial charge in [-0.05, 0) is 74.0 Å². The van der Waals surface area contributed by atoms with Crippen molar-refractivity contribution in [3.05, 3.63) is 77.5 Å². The topological polar surface area (TPSA) is 79.7 Å². The maximum atomic E-state index is 11.4. The molecule has 0 aliphatic heterocycles. The predicted octanol–water partition coefficient (Wildman–Crippen LogP) is 4.08. The van der Waals surface area contributed by atoms with E-state index in [9.17, 15) is 9.90 Å². The second-order valence-corrected chi connectivity index (χ2v) is 6.31. The Kier molecular flexibility index (Phi) is 5.64. The number of rotatable bonds is 6. The van der Waals surface area contributed by atoms with E-state index >= 15 is 0 Å². The lowest BCUT2D eigenvalue weighted by atomic mass is 10.1. The van der Waals surface area contributed by atoms with Gasteiger partial charge in [-0.1, -0.05) is 6.07 Å². The van der Waals surface area contributed by atoms with Gasteiger partial charge in [-0.25, -0.2) is 4.98 Å². The molecular formula is C22H21NO4. The third-order valence-electron chi connectivity index (χ3n) is 4.24. The summed E-state index contributed by atoms with van der Waals surface area (Å²) in [4.78, 5) is 15.8. The normalized spacial score (nSPS) is 11.9. The molecule has 1 aromatic heterocycles. The smallest absolute Gasteiger partial charge is 0.159 e. The van der Waals surface area contributed by atoms with Gasteiger partial charge in [0.05, 0.1) is 18.0 Å². The zero-order valence-corrected chi connectivity index (χ0v) is 15.2. The Balaban J connectivity index is 1.79. The molecule has 3 aromatic rings. The number of hydrogen-bond acceptors (Lipinski definition) is 5. The lowest BCUT2D eigenvalue weighted by Gasteiger charge is -2.11. The average Bonchev–Trinajstić information content (AvgIpc) is 2.69. The van der Waals surface area contributed by atoms with Crippen LogP contribution in [0.25, 0.3) is 11.3 Å². The first kappa shape index (κ1) is 18.8. The lowest BCUT2D eigenvalue weighted by molar-refractivity contribution is 0.0923. The van der Waals surface area contributed by atoms with Crippen LogP contribution in [0.4, 0.5) is 0 Å². The largest absolute Gasteiger partial charge is 0.457 e. The number of ether oxygens (including phenoxy) is 1. The molecule has 5 heteroatoms. The fourth-order valence-corrected chi connectivity index (χ4v) is 2.69. The zero-order chi connectivity index (χ0) is 19.4. The van der Waals surface area contributed by atoms with E-state index in [0.29, 0.717) is 28.5 Å². The molecule has 0 saturated carbocycles. The molecule has 1 unspecified atom stereocenters. The minimum atomic E-state index is -0.992. The molecule has 0 aliphatic carbocycles. The summed E-state index contributed by atoms with van der Waals surface area (Å²) in [6.45, 7) is 3.07. The number of aryl methyl sites for hydroxylation is 1. The van der Waals surface area contributed by atoms with Gasteiger partial charge in [-0.15, -0.1) is 0 Å². The molecule has 0 saturated heterocycles. The van der Waals surface area contributed by atoms with Crippen molar-refractivity contribution in [3.63, 3.8) is 0 Å². The van der Waals surface area contributed by atoms with Gasteiger partial charge in [0.2, 0.25) is 0 Å². The van der Waals surface area contributed by atoms with Crippen LogP contribution in [-0.4, -0.2) is 27.6 Å². The fraction of sp³-hybridized carbons (Fsp3) is 0.182. The minimum Gasteiger partial charge on any atom is -0.457 e. The zero-order valence-electron chi connectivity index (χ0n) is 15.2. The number of aliphatic hydroxyl groups is 2. The van der Waals surface area contributed by atoms with E-state index in [-0.39, 0.29) is 12.4 Å². The molecular weight excluding hydrogens is 342 g/mol. The molecule has 138 valence electrons. The summed E-state index contributed by atoms with van der Waals surface area (Å²) in [6.07, 6.45) is -0.992. The van der Waals surface area contributed by atoms with Crippen LogP contribution in [-0.2, 0) is 0 Å². The lowest BCUT2D eigenvalue weighted by Crippen LogP contribution is -2.05. The molecule has 1 heterocycles. The minimum absolute atomic E-state index is 0.0232. The Hall–Kier alpha value is -3.02. The molecule has 5 nitrogen and oxygen atoms in total. The van der Waals surface area contributed by atoms with Gasteiger partial charge in [0.1, 0.15) is 17.6 Å². The van der Waals surface area contributed by atoms with Gasteiger partial charge in [0, 0.05) is 11.1 Å². The summed E-state index contributed by atoms with van der Waals surface area (Å²) in [5, 5.41) is 18.8. The number of carbonyl (C=O) groups excluding carboxylic acids is 1. The Morgan fingerprint density at radius 2 is 1.85 bits per heavy atom. The Bertz CT molecular complexity index is 951. The third kappa shape index (κ3) is 4.39. The van der Waals surface area contributed by atoms with Crippen molar-refractivity contribution >= 4 is 5.78 Å². The van der Waals surface area contributed by atoms with Crippen molar-refractivity contribution in [1.29, 1.82) is 0 Å². The van der Waals surface area contributed by atoms with Gasteiger partial charge in [0.15, 0.2) is 5.78 Å². The maximum Gasteiger partial charge on any atom is 0.159 e. The van der Waals surface area contributed by atoms with E-state index < -0.39 is 6.10 Å². The number of aromatic nitrogens is 1. The molecule has 0 spiro atoms. The number of carbonyl (C=O) groups is 1. The van der Waals surface area contributed by atoms with Crippen molar-refractivity contribution in [2.75, 3.05) is 6.61 Å². The van der Waals surface area contributed by atoms with E-state index in [1.54, 1.807) is 24.3 Å². The summed E-state index contributed by atoms with van der Waals surface area (Å²) in [6, 6.07) is 18.1. The van der Waals surface area contributed by atoms with Crippen molar-refractivity contribution in [1.82, 2.24) is 4.98 Å². The predicted molar refractivity (Wildman–Crippen MR) is 103 cm³/mol. The van der Waals surface area contributed by atoms with Crippen LogP contribution >= 0.6 is 0 Å². The number of ketones is 1. The van der Waals surface area contributed by atoms with E-state index in [2.05, 4.69) is 4.98 Å².